The van der Waals surface area contributed by atoms with E-state index in [-0.39, 0.29) is 0 Å². The first kappa shape index (κ1) is 11.7. The fraction of sp³-hybridized carbons (Fsp3) is 0.200. The molecule has 4 heteroatoms. The number of hydrogen-bond acceptors (Lipinski definition) is 4. The van der Waals surface area contributed by atoms with Gasteiger partial charge < -0.3 is 20.5 Å². The highest BCUT2D eigenvalue weighted by molar-refractivity contribution is 5.55. The van der Waals surface area contributed by atoms with Crippen molar-refractivity contribution in [2.75, 3.05) is 24.3 Å². The normalized spacial score (nSPS) is 13.1. The Morgan fingerprint density at radius 1 is 1.00 bits per heavy atom. The first-order valence-electron chi connectivity index (χ1n) is 6.29. The molecule has 3 N–H and O–H groups in total. The minimum atomic E-state index is 0.603. The lowest BCUT2D eigenvalue weighted by atomic mass is 10.2. The van der Waals surface area contributed by atoms with Crippen molar-refractivity contribution in [1.29, 1.82) is 0 Å². The van der Waals surface area contributed by atoms with E-state index < -0.39 is 0 Å². The Morgan fingerprint density at radius 2 is 1.84 bits per heavy atom. The van der Waals surface area contributed by atoms with Crippen molar-refractivity contribution in [3.63, 3.8) is 0 Å². The molecule has 0 bridgehead atoms. The second kappa shape index (κ2) is 5.10. The predicted molar refractivity (Wildman–Crippen MR) is 75.6 cm³/mol. The van der Waals surface area contributed by atoms with Crippen molar-refractivity contribution >= 4 is 11.4 Å². The van der Waals surface area contributed by atoms with Crippen LogP contribution in [0.15, 0.2) is 42.5 Å². The number of nitrogens with one attached hydrogen (secondary N) is 1. The third-order valence-corrected chi connectivity index (χ3v) is 2.99. The zero-order valence-electron chi connectivity index (χ0n) is 10.6. The van der Waals surface area contributed by atoms with Gasteiger partial charge in [-0.2, -0.15) is 0 Å². The van der Waals surface area contributed by atoms with Gasteiger partial charge in [0, 0.05) is 24.0 Å². The van der Waals surface area contributed by atoms with E-state index in [0.717, 1.165) is 35.0 Å². The SMILES string of the molecule is Nc1cccc(CNc2ccc3c(c2)OCCO3)c1. The molecule has 1 aliphatic heterocycles. The molecule has 0 unspecified atom stereocenters. The number of benzene rings is 2. The molecule has 0 amide bonds. The highest BCUT2D eigenvalue weighted by atomic mass is 16.6. The molecule has 1 aliphatic rings. The summed E-state index contributed by atoms with van der Waals surface area (Å²) in [7, 11) is 0. The third-order valence-electron chi connectivity index (χ3n) is 2.99. The maximum Gasteiger partial charge on any atom is 0.163 e. The Bertz CT molecular complexity index is 584. The van der Waals surface area contributed by atoms with E-state index in [2.05, 4.69) is 5.32 Å². The van der Waals surface area contributed by atoms with Gasteiger partial charge in [-0.3, -0.25) is 0 Å². The second-order valence-electron chi connectivity index (χ2n) is 4.46. The van der Waals surface area contributed by atoms with Crippen molar-refractivity contribution in [2.24, 2.45) is 0 Å². The van der Waals surface area contributed by atoms with Crippen molar-refractivity contribution in [3.8, 4) is 11.5 Å². The van der Waals surface area contributed by atoms with Gasteiger partial charge >= 0.3 is 0 Å². The van der Waals surface area contributed by atoms with Gasteiger partial charge in [0.1, 0.15) is 13.2 Å². The number of nitrogen functional groups attached to an aromatic ring is 1. The van der Waals surface area contributed by atoms with Crippen LogP contribution in [0.1, 0.15) is 5.56 Å². The Kier molecular flexibility index (Phi) is 3.14. The van der Waals surface area contributed by atoms with E-state index in [1.54, 1.807) is 0 Å². The van der Waals surface area contributed by atoms with E-state index in [0.29, 0.717) is 13.2 Å². The molecule has 0 atom stereocenters. The van der Waals surface area contributed by atoms with Gasteiger partial charge in [0.05, 0.1) is 0 Å². The maximum absolute atomic E-state index is 5.75. The monoisotopic (exact) mass is 256 g/mol. The lowest BCUT2D eigenvalue weighted by Crippen LogP contribution is -2.15. The van der Waals surface area contributed by atoms with Gasteiger partial charge in [-0.1, -0.05) is 12.1 Å². The number of fused-ring (bicyclic) bond motifs is 1. The molecule has 0 aromatic heterocycles. The van der Waals surface area contributed by atoms with Crippen molar-refractivity contribution < 1.29 is 9.47 Å². The van der Waals surface area contributed by atoms with E-state index in [1.807, 2.05) is 42.5 Å². The van der Waals surface area contributed by atoms with Gasteiger partial charge in [0.2, 0.25) is 0 Å². The van der Waals surface area contributed by atoms with Crippen LogP contribution in [-0.2, 0) is 6.54 Å². The fourth-order valence-electron chi connectivity index (χ4n) is 2.06. The minimum Gasteiger partial charge on any atom is -0.486 e. The van der Waals surface area contributed by atoms with Crippen LogP contribution in [0, 0.1) is 0 Å². The van der Waals surface area contributed by atoms with Crippen LogP contribution in [-0.4, -0.2) is 13.2 Å². The van der Waals surface area contributed by atoms with Gasteiger partial charge in [-0.05, 0) is 29.8 Å². The lowest BCUT2D eigenvalue weighted by Gasteiger charge is -2.19. The molecule has 2 aromatic rings. The Morgan fingerprint density at radius 3 is 2.68 bits per heavy atom. The molecule has 3 rings (SSSR count). The van der Waals surface area contributed by atoms with E-state index >= 15 is 0 Å². The molecule has 0 aliphatic carbocycles. The largest absolute Gasteiger partial charge is 0.486 e. The van der Waals surface area contributed by atoms with Crippen LogP contribution in [0.25, 0.3) is 0 Å². The molecule has 0 spiro atoms. The summed E-state index contributed by atoms with van der Waals surface area (Å²) >= 11 is 0. The van der Waals surface area contributed by atoms with Gasteiger partial charge in [0.15, 0.2) is 11.5 Å². The summed E-state index contributed by atoms with van der Waals surface area (Å²) in [6, 6.07) is 13.7. The van der Waals surface area contributed by atoms with Gasteiger partial charge in [0.25, 0.3) is 0 Å². The summed E-state index contributed by atoms with van der Waals surface area (Å²) in [6.07, 6.45) is 0. The number of nitrogens with two attached hydrogens (primary N) is 1. The lowest BCUT2D eigenvalue weighted by molar-refractivity contribution is 0.171. The molecule has 19 heavy (non-hydrogen) atoms. The highest BCUT2D eigenvalue weighted by Gasteiger charge is 2.11. The molecule has 98 valence electrons. The van der Waals surface area contributed by atoms with E-state index in [1.165, 1.54) is 0 Å². The molecule has 0 saturated heterocycles. The summed E-state index contributed by atoms with van der Waals surface area (Å²) in [4.78, 5) is 0. The zero-order valence-corrected chi connectivity index (χ0v) is 10.6. The number of ether oxygens (including phenoxy) is 2. The zero-order chi connectivity index (χ0) is 13.1. The smallest absolute Gasteiger partial charge is 0.163 e. The van der Waals surface area contributed by atoms with Crippen molar-refractivity contribution in [3.05, 3.63) is 48.0 Å². The van der Waals surface area contributed by atoms with Crippen molar-refractivity contribution in [2.45, 2.75) is 6.54 Å². The second-order valence-corrected chi connectivity index (χ2v) is 4.46. The summed E-state index contributed by atoms with van der Waals surface area (Å²) in [5, 5.41) is 3.35. The molecule has 0 saturated carbocycles. The third kappa shape index (κ3) is 2.73. The number of rotatable bonds is 3. The van der Waals surface area contributed by atoms with Crippen LogP contribution in [0.2, 0.25) is 0 Å². The van der Waals surface area contributed by atoms with Crippen molar-refractivity contribution in [1.82, 2.24) is 0 Å². The fourth-order valence-corrected chi connectivity index (χ4v) is 2.06. The first-order chi connectivity index (χ1) is 9.31. The summed E-state index contributed by atoms with van der Waals surface area (Å²) in [6.45, 7) is 1.94. The molecular formula is C15H16N2O2. The molecule has 4 nitrogen and oxygen atoms in total. The number of hydrogen-bond donors (Lipinski definition) is 2. The van der Waals surface area contributed by atoms with Crippen LogP contribution >= 0.6 is 0 Å². The molecule has 1 heterocycles. The van der Waals surface area contributed by atoms with Crippen LogP contribution in [0.5, 0.6) is 11.5 Å². The average Bonchev–Trinajstić information content (AvgIpc) is 2.45. The van der Waals surface area contributed by atoms with Gasteiger partial charge in [-0.25, -0.2) is 0 Å². The van der Waals surface area contributed by atoms with Crippen LogP contribution < -0.4 is 20.5 Å². The quantitative estimate of drug-likeness (QED) is 0.829. The van der Waals surface area contributed by atoms with Crippen LogP contribution in [0.4, 0.5) is 11.4 Å². The molecule has 0 fully saturated rings. The van der Waals surface area contributed by atoms with Gasteiger partial charge in [-0.15, -0.1) is 0 Å². The summed E-state index contributed by atoms with van der Waals surface area (Å²) < 4.78 is 11.0. The Hall–Kier alpha value is -2.36. The highest BCUT2D eigenvalue weighted by Crippen LogP contribution is 2.32. The van der Waals surface area contributed by atoms with Crippen LogP contribution in [0.3, 0.4) is 0 Å². The van der Waals surface area contributed by atoms with E-state index in [4.69, 9.17) is 15.2 Å². The maximum atomic E-state index is 5.75. The molecule has 0 radical (unpaired) electrons. The standard InChI is InChI=1S/C15H16N2O2/c16-12-3-1-2-11(8-12)10-17-13-4-5-14-15(9-13)19-7-6-18-14/h1-5,8-9,17H,6-7,10,16H2. The topological polar surface area (TPSA) is 56.5 Å². The minimum absolute atomic E-state index is 0.603. The molecular weight excluding hydrogens is 240 g/mol. The first-order valence-corrected chi connectivity index (χ1v) is 6.29. The summed E-state index contributed by atoms with van der Waals surface area (Å²) in [5.74, 6) is 1.60. The number of anilines is 2. The molecule has 2 aromatic carbocycles. The van der Waals surface area contributed by atoms with E-state index in [9.17, 15) is 0 Å². The summed E-state index contributed by atoms with van der Waals surface area (Å²) in [5.41, 5.74) is 8.69. The Labute approximate surface area is 112 Å². The Balaban J connectivity index is 1.70. The average molecular weight is 256 g/mol. The predicted octanol–water partition coefficient (Wildman–Crippen LogP) is 2.65.